The molecule has 4 aromatic rings. The van der Waals surface area contributed by atoms with Gasteiger partial charge in [-0.3, -0.25) is 29.8 Å². The Labute approximate surface area is 256 Å². The molecule has 1 heterocycles. The first-order chi connectivity index (χ1) is 21.4. The van der Waals surface area contributed by atoms with Crippen molar-refractivity contribution in [3.8, 4) is 5.75 Å². The van der Waals surface area contributed by atoms with Crippen molar-refractivity contribution < 1.29 is 33.0 Å². The first-order valence-corrected chi connectivity index (χ1v) is 14.9. The highest BCUT2D eigenvalue weighted by Crippen LogP contribution is 2.46. The zero-order valence-electron chi connectivity index (χ0n) is 23.5. The lowest BCUT2D eigenvalue weighted by Gasteiger charge is -2.19. The third-order valence-corrected chi connectivity index (χ3v) is 8.56. The number of aromatic hydroxyl groups is 1. The fraction of sp³-hybridized carbons (Fsp3) is 0.133. The summed E-state index contributed by atoms with van der Waals surface area (Å²) >= 11 is 0. The van der Waals surface area contributed by atoms with Crippen molar-refractivity contribution >= 4 is 33.2 Å². The Bertz CT molecular complexity index is 1890. The van der Waals surface area contributed by atoms with Crippen LogP contribution in [0, 0.1) is 27.2 Å². The number of hydrogen-bond donors (Lipinski definition) is 2. The van der Waals surface area contributed by atoms with Gasteiger partial charge in [-0.2, -0.15) is 4.72 Å². The van der Waals surface area contributed by atoms with Crippen LogP contribution in [0.25, 0.3) is 0 Å². The maximum atomic E-state index is 14.2. The van der Waals surface area contributed by atoms with Crippen molar-refractivity contribution in [1.29, 1.82) is 0 Å². The monoisotopic (exact) mass is 631 g/mol. The van der Waals surface area contributed by atoms with Gasteiger partial charge in [-0.1, -0.05) is 66.2 Å². The summed E-state index contributed by atoms with van der Waals surface area (Å²) in [5.74, 6) is -2.19. The van der Waals surface area contributed by atoms with Gasteiger partial charge in [0.25, 0.3) is 23.2 Å². The Balaban J connectivity index is 1.56. The summed E-state index contributed by atoms with van der Waals surface area (Å²) in [7, 11) is -4.26. The molecule has 230 valence electrons. The number of nitro groups is 2. The van der Waals surface area contributed by atoms with Gasteiger partial charge in [-0.05, 0) is 37.1 Å². The number of benzene rings is 4. The average Bonchev–Trinajstić information content (AvgIpc) is 3.75. The van der Waals surface area contributed by atoms with Gasteiger partial charge in [0.15, 0.2) is 6.17 Å². The SMILES string of the molecule is Cc1ccc(S(=O)(=O)N[C@@H](Cc2ccccc2)C(=O)N2[C@H](c3ccccc3O)N2C(=O)c2cc([N+](=O)[O-])cc([N+](=O)[O-])c2)cc1. The number of amides is 2. The van der Waals surface area contributed by atoms with Gasteiger partial charge in [0.2, 0.25) is 10.0 Å². The van der Waals surface area contributed by atoms with E-state index in [-0.39, 0.29) is 22.6 Å². The number of nitrogens with one attached hydrogen (secondary N) is 1. The smallest absolute Gasteiger partial charge is 0.277 e. The van der Waals surface area contributed by atoms with E-state index in [1.807, 2.05) is 0 Å². The molecule has 45 heavy (non-hydrogen) atoms. The van der Waals surface area contributed by atoms with Crippen LogP contribution in [0.2, 0.25) is 0 Å². The summed E-state index contributed by atoms with van der Waals surface area (Å²) in [5.41, 5.74) is -0.407. The zero-order valence-corrected chi connectivity index (χ0v) is 24.3. The molecular formula is C30H25N5O9S. The number of rotatable bonds is 10. The number of hydrogen-bond acceptors (Lipinski definition) is 9. The molecule has 0 radical (unpaired) electrons. The summed E-state index contributed by atoms with van der Waals surface area (Å²) in [6.45, 7) is 1.78. The molecule has 1 fully saturated rings. The van der Waals surface area contributed by atoms with Crippen molar-refractivity contribution in [2.45, 2.75) is 30.4 Å². The number of para-hydroxylation sites is 1. The van der Waals surface area contributed by atoms with Gasteiger partial charge >= 0.3 is 0 Å². The Morgan fingerprint density at radius 3 is 2.02 bits per heavy atom. The summed E-state index contributed by atoms with van der Waals surface area (Å²) in [6.07, 6.45) is -1.38. The molecule has 0 bridgehead atoms. The van der Waals surface area contributed by atoms with Gasteiger partial charge < -0.3 is 5.11 Å². The second-order valence-corrected chi connectivity index (χ2v) is 11.9. The fourth-order valence-electron chi connectivity index (χ4n) is 4.80. The van der Waals surface area contributed by atoms with E-state index < -0.39 is 60.8 Å². The largest absolute Gasteiger partial charge is 0.508 e. The first-order valence-electron chi connectivity index (χ1n) is 13.4. The minimum atomic E-state index is -4.26. The lowest BCUT2D eigenvalue weighted by Crippen LogP contribution is -2.46. The standard InChI is InChI=1S/C30H25N5O9S/c1-19-11-13-24(14-12-19)45(43,44)31-26(15-20-7-3-2-4-8-20)30(38)33-28(25-9-5-6-10-27(25)36)32(33)29(37)21-16-22(34(39)40)18-23(17-21)35(41)42/h2-14,16-18,26,28,31,36H,15H2,1H3/t26-,28+,32?,33?/m0/s1. The van der Waals surface area contributed by atoms with Crippen molar-refractivity contribution in [1.82, 2.24) is 14.7 Å². The summed E-state index contributed by atoms with van der Waals surface area (Å²) in [5, 5.41) is 35.3. The first kappa shape index (κ1) is 30.8. The number of nitrogens with zero attached hydrogens (tertiary/aromatic N) is 4. The molecule has 15 heteroatoms. The highest BCUT2D eigenvalue weighted by Gasteiger charge is 2.56. The van der Waals surface area contributed by atoms with Crippen molar-refractivity contribution in [2.24, 2.45) is 0 Å². The quantitative estimate of drug-likeness (QED) is 0.148. The number of sulfonamides is 1. The molecule has 4 aromatic carbocycles. The predicted octanol–water partition coefficient (Wildman–Crippen LogP) is 4.01. The normalized spacial score (nSPS) is 14.9. The number of phenolic OH excluding ortho intramolecular Hbond substituents is 1. The van der Waals surface area contributed by atoms with Crippen LogP contribution in [0.1, 0.15) is 33.2 Å². The van der Waals surface area contributed by atoms with Crippen molar-refractivity contribution in [3.05, 3.63) is 140 Å². The Hall–Kier alpha value is -5.67. The number of carbonyl (C=O) groups excluding carboxylic acids is 2. The number of nitro benzene ring substituents is 2. The highest BCUT2D eigenvalue weighted by molar-refractivity contribution is 7.89. The van der Waals surface area contributed by atoms with Crippen LogP contribution >= 0.6 is 0 Å². The predicted molar refractivity (Wildman–Crippen MR) is 159 cm³/mol. The minimum Gasteiger partial charge on any atom is -0.508 e. The van der Waals surface area contributed by atoms with Gasteiger partial charge in [-0.15, -0.1) is 0 Å². The number of phenols is 1. The van der Waals surface area contributed by atoms with Crippen LogP contribution in [-0.4, -0.2) is 51.2 Å². The number of carbonyl (C=O) groups is 2. The molecule has 0 aliphatic carbocycles. The molecule has 0 aromatic heterocycles. The second kappa shape index (κ2) is 12.1. The summed E-state index contributed by atoms with van der Waals surface area (Å²) in [6, 6.07) is 21.2. The van der Waals surface area contributed by atoms with Gasteiger partial charge in [0, 0.05) is 17.7 Å². The van der Waals surface area contributed by atoms with Crippen LogP contribution < -0.4 is 4.72 Å². The van der Waals surface area contributed by atoms with E-state index in [1.54, 1.807) is 55.5 Å². The minimum absolute atomic E-state index is 0.0963. The molecule has 2 amide bonds. The lowest BCUT2D eigenvalue weighted by atomic mass is 10.1. The molecule has 1 aliphatic heterocycles. The van der Waals surface area contributed by atoms with Gasteiger partial charge in [-0.25, -0.2) is 18.4 Å². The van der Waals surface area contributed by atoms with Gasteiger partial charge in [0.05, 0.1) is 26.4 Å². The molecule has 1 aliphatic rings. The number of non-ortho nitro benzene ring substituents is 2. The Morgan fingerprint density at radius 2 is 1.44 bits per heavy atom. The van der Waals surface area contributed by atoms with Crippen LogP contribution in [-0.2, 0) is 21.2 Å². The fourth-order valence-corrected chi connectivity index (χ4v) is 5.99. The molecular weight excluding hydrogens is 606 g/mol. The van der Waals surface area contributed by atoms with Crippen molar-refractivity contribution in [2.75, 3.05) is 0 Å². The molecule has 0 unspecified atom stereocenters. The number of hydrazine groups is 1. The van der Waals surface area contributed by atoms with Gasteiger partial charge in [0.1, 0.15) is 11.8 Å². The van der Waals surface area contributed by atoms with Crippen molar-refractivity contribution in [3.63, 3.8) is 0 Å². The Kier molecular flexibility index (Phi) is 8.30. The highest BCUT2D eigenvalue weighted by atomic mass is 32.2. The van der Waals surface area contributed by atoms with Crippen LogP contribution in [0.15, 0.2) is 102 Å². The lowest BCUT2D eigenvalue weighted by molar-refractivity contribution is -0.394. The van der Waals surface area contributed by atoms with E-state index in [9.17, 15) is 43.3 Å². The van der Waals surface area contributed by atoms with Crippen LogP contribution in [0.3, 0.4) is 0 Å². The molecule has 14 nitrogen and oxygen atoms in total. The van der Waals surface area contributed by atoms with Crippen LogP contribution in [0.4, 0.5) is 11.4 Å². The molecule has 2 atom stereocenters. The Morgan fingerprint density at radius 1 is 0.867 bits per heavy atom. The molecule has 0 spiro atoms. The molecule has 5 rings (SSSR count). The van der Waals surface area contributed by atoms with E-state index in [4.69, 9.17) is 0 Å². The maximum Gasteiger partial charge on any atom is 0.277 e. The average molecular weight is 632 g/mol. The van der Waals surface area contributed by atoms with E-state index in [2.05, 4.69) is 4.72 Å². The van der Waals surface area contributed by atoms with E-state index in [0.717, 1.165) is 27.7 Å². The molecule has 0 saturated carbocycles. The number of aryl methyl sites for hydroxylation is 1. The zero-order chi connectivity index (χ0) is 32.5. The summed E-state index contributed by atoms with van der Waals surface area (Å²) < 4.78 is 29.2. The molecule has 2 N–H and O–H groups in total. The van der Waals surface area contributed by atoms with E-state index in [0.29, 0.717) is 11.6 Å². The second-order valence-electron chi connectivity index (χ2n) is 10.2. The van der Waals surface area contributed by atoms with E-state index >= 15 is 0 Å². The third-order valence-electron chi connectivity index (χ3n) is 7.07. The third kappa shape index (κ3) is 6.48. The topological polar surface area (TPSA) is 193 Å². The maximum absolute atomic E-state index is 14.2. The van der Waals surface area contributed by atoms with Crippen LogP contribution in [0.5, 0.6) is 5.75 Å². The summed E-state index contributed by atoms with van der Waals surface area (Å²) in [4.78, 5) is 49.0. The van der Waals surface area contributed by atoms with E-state index in [1.165, 1.54) is 30.3 Å². The molecule has 1 saturated heterocycles.